The van der Waals surface area contributed by atoms with Crippen LogP contribution in [0.1, 0.15) is 34.7 Å². The Balaban J connectivity index is 1.56. The average molecular weight is 460 g/mol. The van der Waals surface area contributed by atoms with Crippen molar-refractivity contribution >= 4 is 28.9 Å². The van der Waals surface area contributed by atoms with Crippen molar-refractivity contribution in [1.29, 1.82) is 0 Å². The second-order valence-corrected chi connectivity index (χ2v) is 8.65. The fourth-order valence-electron chi connectivity index (χ4n) is 4.20. The molecule has 2 aromatic carbocycles. The van der Waals surface area contributed by atoms with Gasteiger partial charge in [0.15, 0.2) is 5.11 Å². The summed E-state index contributed by atoms with van der Waals surface area (Å²) in [6.45, 7) is 2.68. The Morgan fingerprint density at radius 3 is 2.59 bits per heavy atom. The topological polar surface area (TPSA) is 41.3 Å². The first-order valence-corrected chi connectivity index (χ1v) is 11.3. The van der Waals surface area contributed by atoms with Crippen LogP contribution in [-0.2, 0) is 6.54 Å². The lowest BCUT2D eigenvalue weighted by molar-refractivity contribution is 0.269. The summed E-state index contributed by atoms with van der Waals surface area (Å²) in [5, 5.41) is 4.88. The van der Waals surface area contributed by atoms with Gasteiger partial charge in [0, 0.05) is 23.3 Å². The monoisotopic (exact) mass is 459 g/mol. The maximum absolute atomic E-state index is 6.43. The Labute approximate surface area is 197 Å². The number of halogens is 1. The Morgan fingerprint density at radius 1 is 1.00 bits per heavy atom. The summed E-state index contributed by atoms with van der Waals surface area (Å²) in [6.07, 6.45) is 1.81. The third kappa shape index (κ3) is 3.90. The highest BCUT2D eigenvalue weighted by Gasteiger charge is 2.41. The van der Waals surface area contributed by atoms with Gasteiger partial charge in [0.2, 0.25) is 0 Å². The summed E-state index contributed by atoms with van der Waals surface area (Å²) in [7, 11) is 0. The molecule has 32 heavy (non-hydrogen) atoms. The maximum atomic E-state index is 6.43. The molecule has 0 saturated carbocycles. The first-order chi connectivity index (χ1) is 15.6. The number of thiocarbonyl (C=S) groups is 1. The highest BCUT2D eigenvalue weighted by Crippen LogP contribution is 2.41. The molecular weight excluding hydrogens is 438 g/mol. The van der Waals surface area contributed by atoms with E-state index in [0.29, 0.717) is 11.7 Å². The summed E-state index contributed by atoms with van der Waals surface area (Å²) in [4.78, 5) is 6.77. The minimum Gasteiger partial charge on any atom is -0.459 e. The van der Waals surface area contributed by atoms with E-state index in [0.717, 1.165) is 33.4 Å². The molecule has 0 spiro atoms. The van der Waals surface area contributed by atoms with Crippen molar-refractivity contribution in [3.63, 3.8) is 0 Å². The van der Waals surface area contributed by atoms with E-state index in [9.17, 15) is 0 Å². The van der Waals surface area contributed by atoms with Gasteiger partial charge in [-0.25, -0.2) is 0 Å². The van der Waals surface area contributed by atoms with Gasteiger partial charge in [-0.2, -0.15) is 0 Å². The van der Waals surface area contributed by atoms with Crippen molar-refractivity contribution in [1.82, 2.24) is 15.2 Å². The summed E-state index contributed by atoms with van der Waals surface area (Å²) in [5.74, 6) is 1.62. The van der Waals surface area contributed by atoms with Crippen molar-refractivity contribution in [2.75, 3.05) is 0 Å². The zero-order chi connectivity index (χ0) is 22.1. The zero-order valence-electron chi connectivity index (χ0n) is 17.5. The van der Waals surface area contributed by atoms with Crippen LogP contribution in [0.3, 0.4) is 0 Å². The van der Waals surface area contributed by atoms with Crippen LogP contribution in [0.25, 0.3) is 11.3 Å². The number of nitrogens with zero attached hydrogens (tertiary/aromatic N) is 2. The van der Waals surface area contributed by atoms with Gasteiger partial charge >= 0.3 is 0 Å². The minimum atomic E-state index is -0.133. The maximum Gasteiger partial charge on any atom is 0.170 e. The standard InChI is InChI=1S/C26H22ClN3OS/c1-17-19(10-7-11-20(17)27)22-13-14-23(31-22)25-24(21-12-5-6-15-28-21)29-26(32)30(25)16-18-8-3-2-4-9-18/h2-15,24-25H,16H2,1H3,(H,29,32)/t24-,25+/m0/s1. The van der Waals surface area contributed by atoms with E-state index in [1.165, 1.54) is 5.56 Å². The molecule has 1 N–H and O–H groups in total. The van der Waals surface area contributed by atoms with Crippen LogP contribution in [0.2, 0.25) is 5.02 Å². The average Bonchev–Trinajstić information content (AvgIpc) is 3.42. The van der Waals surface area contributed by atoms with E-state index in [2.05, 4.69) is 27.3 Å². The number of hydrogen-bond acceptors (Lipinski definition) is 3. The Hall–Kier alpha value is -3.15. The van der Waals surface area contributed by atoms with Gasteiger partial charge in [0.25, 0.3) is 0 Å². The zero-order valence-corrected chi connectivity index (χ0v) is 19.1. The van der Waals surface area contributed by atoms with Gasteiger partial charge in [-0.3, -0.25) is 4.98 Å². The third-order valence-electron chi connectivity index (χ3n) is 5.84. The molecule has 0 aliphatic carbocycles. The Bertz CT molecular complexity index is 1240. The molecule has 3 heterocycles. The van der Waals surface area contributed by atoms with E-state index < -0.39 is 0 Å². The van der Waals surface area contributed by atoms with Crippen LogP contribution in [0.15, 0.2) is 89.5 Å². The predicted molar refractivity (Wildman–Crippen MR) is 131 cm³/mol. The molecule has 2 atom stereocenters. The number of aromatic nitrogens is 1. The largest absolute Gasteiger partial charge is 0.459 e. The Morgan fingerprint density at radius 2 is 1.81 bits per heavy atom. The number of nitrogens with one attached hydrogen (secondary N) is 1. The second kappa shape index (κ2) is 8.77. The fraction of sp³-hybridized carbons (Fsp3) is 0.154. The highest BCUT2D eigenvalue weighted by atomic mass is 35.5. The first-order valence-electron chi connectivity index (χ1n) is 10.5. The van der Waals surface area contributed by atoms with Crippen LogP contribution in [0, 0.1) is 6.92 Å². The molecule has 2 aromatic heterocycles. The van der Waals surface area contributed by atoms with Gasteiger partial charge in [0.1, 0.15) is 17.6 Å². The smallest absolute Gasteiger partial charge is 0.170 e. The van der Waals surface area contributed by atoms with Crippen molar-refractivity contribution in [2.45, 2.75) is 25.6 Å². The van der Waals surface area contributed by atoms with E-state index in [4.69, 9.17) is 28.2 Å². The number of rotatable bonds is 5. The number of furan rings is 1. The lowest BCUT2D eigenvalue weighted by atomic mass is 10.0. The number of hydrogen-bond donors (Lipinski definition) is 1. The van der Waals surface area contributed by atoms with E-state index in [1.54, 1.807) is 6.20 Å². The second-order valence-electron chi connectivity index (χ2n) is 7.85. The number of pyridine rings is 1. The molecule has 0 bridgehead atoms. The molecule has 4 nitrogen and oxygen atoms in total. The molecule has 1 aliphatic heterocycles. The molecule has 1 fully saturated rings. The summed E-state index contributed by atoms with van der Waals surface area (Å²) in [6, 6.07) is 25.9. The van der Waals surface area contributed by atoms with Crippen LogP contribution >= 0.6 is 23.8 Å². The lowest BCUT2D eigenvalue weighted by Crippen LogP contribution is -2.29. The molecule has 160 valence electrons. The van der Waals surface area contributed by atoms with E-state index >= 15 is 0 Å². The molecule has 4 aromatic rings. The molecule has 5 rings (SSSR count). The summed E-state index contributed by atoms with van der Waals surface area (Å²) in [5.41, 5.74) is 4.09. The van der Waals surface area contributed by atoms with Crippen molar-refractivity contribution in [3.05, 3.63) is 113 Å². The molecule has 0 amide bonds. The normalized spacial score (nSPS) is 18.1. The van der Waals surface area contributed by atoms with Gasteiger partial charge < -0.3 is 14.6 Å². The molecule has 0 radical (unpaired) electrons. The SMILES string of the molecule is Cc1c(Cl)cccc1-c1ccc([C@@H]2[C@H](c3ccccn3)NC(=S)N2Cc2ccccc2)o1. The Kier molecular flexibility index (Phi) is 5.68. The van der Waals surface area contributed by atoms with E-state index in [-0.39, 0.29) is 12.1 Å². The van der Waals surface area contributed by atoms with Crippen molar-refractivity contribution in [2.24, 2.45) is 0 Å². The summed E-state index contributed by atoms with van der Waals surface area (Å²) >= 11 is 12.1. The fourth-order valence-corrected chi connectivity index (χ4v) is 4.68. The quantitative estimate of drug-likeness (QED) is 0.346. The van der Waals surface area contributed by atoms with E-state index in [1.807, 2.05) is 73.7 Å². The first kappa shape index (κ1) is 20.7. The number of benzene rings is 2. The third-order valence-corrected chi connectivity index (χ3v) is 6.61. The van der Waals surface area contributed by atoms with Gasteiger partial charge in [-0.15, -0.1) is 0 Å². The van der Waals surface area contributed by atoms with Gasteiger partial charge in [0.05, 0.1) is 11.7 Å². The molecule has 6 heteroatoms. The van der Waals surface area contributed by atoms with Gasteiger partial charge in [-0.1, -0.05) is 60.1 Å². The van der Waals surface area contributed by atoms with Crippen LogP contribution in [-0.4, -0.2) is 15.0 Å². The minimum absolute atomic E-state index is 0.119. The van der Waals surface area contributed by atoms with Crippen molar-refractivity contribution < 1.29 is 4.42 Å². The van der Waals surface area contributed by atoms with Crippen molar-refractivity contribution in [3.8, 4) is 11.3 Å². The lowest BCUT2D eigenvalue weighted by Gasteiger charge is -2.26. The van der Waals surface area contributed by atoms with Gasteiger partial charge in [-0.05, 0) is 60.6 Å². The molecule has 1 aliphatic rings. The van der Waals surface area contributed by atoms with Crippen LogP contribution in [0.4, 0.5) is 0 Å². The molecular formula is C26H22ClN3OS. The highest BCUT2D eigenvalue weighted by molar-refractivity contribution is 7.80. The van der Waals surface area contributed by atoms with Crippen LogP contribution in [0.5, 0.6) is 0 Å². The summed E-state index contributed by atoms with van der Waals surface area (Å²) < 4.78 is 6.43. The molecule has 1 saturated heterocycles. The predicted octanol–water partition coefficient (Wildman–Crippen LogP) is 6.48. The molecule has 0 unspecified atom stereocenters. The van der Waals surface area contributed by atoms with Crippen LogP contribution < -0.4 is 5.32 Å².